The third-order valence-corrected chi connectivity index (χ3v) is 8.18. The lowest BCUT2D eigenvalue weighted by molar-refractivity contribution is -0.119. The van der Waals surface area contributed by atoms with Crippen LogP contribution < -0.4 is 11.1 Å². The van der Waals surface area contributed by atoms with Crippen molar-refractivity contribution in [3.05, 3.63) is 70.8 Å². The summed E-state index contributed by atoms with van der Waals surface area (Å²) in [7, 11) is 0. The predicted molar refractivity (Wildman–Crippen MR) is 169 cm³/mol. The first-order valence-electron chi connectivity index (χ1n) is 16.2. The second-order valence-corrected chi connectivity index (χ2v) is 11.5. The number of carbonyl (C=O) groups excluding carboxylic acids is 1. The molecule has 0 saturated heterocycles. The molecule has 0 bridgehead atoms. The lowest BCUT2D eigenvalue weighted by Gasteiger charge is -2.23. The standard InChI is InChI=1S/C18H29N.C9H11N.C9H18O/c1-3-5-10-16(11-6-4-2)19-18-14-13-15-9-7-8-12-17(15)18;10-9-6-5-7-3-1-2-4-8(7)9;1-3-5-7-9(10)8-6-4-2/h7-9,12,16,18-19H,3-6,10-11,13-14H2,1-2H3;1-4,9H,5-6,10H2;3-8H2,1-2H3/t18-;9-;/m00./s1. The molecule has 0 radical (unpaired) electrons. The molecule has 3 heteroatoms. The first-order valence-corrected chi connectivity index (χ1v) is 16.2. The maximum atomic E-state index is 11.0. The number of rotatable bonds is 14. The van der Waals surface area contributed by atoms with Crippen LogP contribution in [0, 0.1) is 0 Å². The molecule has 2 aromatic rings. The van der Waals surface area contributed by atoms with Crippen molar-refractivity contribution in [2.75, 3.05) is 0 Å². The van der Waals surface area contributed by atoms with Crippen molar-refractivity contribution >= 4 is 5.78 Å². The van der Waals surface area contributed by atoms with Crippen LogP contribution >= 0.6 is 0 Å². The number of aryl methyl sites for hydroxylation is 2. The number of unbranched alkanes of at least 4 members (excludes halogenated alkanes) is 4. The van der Waals surface area contributed by atoms with E-state index < -0.39 is 0 Å². The summed E-state index contributed by atoms with van der Waals surface area (Å²) in [5.41, 5.74) is 11.8. The van der Waals surface area contributed by atoms with Gasteiger partial charge in [0.1, 0.15) is 5.78 Å². The summed E-state index contributed by atoms with van der Waals surface area (Å²) in [5, 5.41) is 3.94. The largest absolute Gasteiger partial charge is 0.324 e. The Balaban J connectivity index is 0.000000225. The third kappa shape index (κ3) is 12.4. The van der Waals surface area contributed by atoms with E-state index in [2.05, 4.69) is 81.5 Å². The lowest BCUT2D eigenvalue weighted by Crippen LogP contribution is -2.32. The Labute approximate surface area is 240 Å². The predicted octanol–water partition coefficient (Wildman–Crippen LogP) is 9.58. The number of hydrogen-bond acceptors (Lipinski definition) is 3. The summed E-state index contributed by atoms with van der Waals surface area (Å²) in [5.74, 6) is 0.448. The van der Waals surface area contributed by atoms with Gasteiger partial charge in [0.2, 0.25) is 0 Å². The monoisotopic (exact) mass is 534 g/mol. The van der Waals surface area contributed by atoms with E-state index >= 15 is 0 Å². The van der Waals surface area contributed by atoms with E-state index in [9.17, 15) is 4.79 Å². The van der Waals surface area contributed by atoms with Gasteiger partial charge in [-0.1, -0.05) is 115 Å². The smallest absolute Gasteiger partial charge is 0.132 e. The molecule has 3 N–H and O–H groups in total. The van der Waals surface area contributed by atoms with Gasteiger partial charge in [-0.05, 0) is 73.6 Å². The zero-order chi connectivity index (χ0) is 28.3. The van der Waals surface area contributed by atoms with Gasteiger partial charge in [0.05, 0.1) is 0 Å². The van der Waals surface area contributed by atoms with E-state index in [1.54, 1.807) is 11.1 Å². The van der Waals surface area contributed by atoms with Crippen LogP contribution in [0.4, 0.5) is 0 Å². The number of benzene rings is 2. The molecule has 2 aromatic carbocycles. The van der Waals surface area contributed by atoms with Gasteiger partial charge in [-0.3, -0.25) is 4.79 Å². The minimum absolute atomic E-state index is 0.302. The Kier molecular flexibility index (Phi) is 17.0. The average molecular weight is 535 g/mol. The van der Waals surface area contributed by atoms with Gasteiger partial charge in [0, 0.05) is 31.0 Å². The van der Waals surface area contributed by atoms with Crippen LogP contribution in [0.5, 0.6) is 0 Å². The van der Waals surface area contributed by atoms with Crippen molar-refractivity contribution in [3.8, 4) is 0 Å². The van der Waals surface area contributed by atoms with Crippen LogP contribution in [0.15, 0.2) is 48.5 Å². The number of hydrogen-bond donors (Lipinski definition) is 2. The lowest BCUT2D eigenvalue weighted by atomic mass is 10.0. The first kappa shape index (κ1) is 33.2. The SMILES string of the molecule is CCCCC(=O)CCCC.CCCCC(CCCC)N[C@H]1CCc2ccccc21.N[C@H]1CCc2ccccc21. The quantitative estimate of drug-likeness (QED) is 0.254. The highest BCUT2D eigenvalue weighted by atomic mass is 16.1. The van der Waals surface area contributed by atoms with E-state index in [0.717, 1.165) is 57.4 Å². The fraction of sp³-hybridized carbons (Fsp3) is 0.639. The molecule has 2 atom stereocenters. The summed E-state index contributed by atoms with van der Waals surface area (Å²) in [4.78, 5) is 11.0. The van der Waals surface area contributed by atoms with Crippen molar-refractivity contribution in [1.82, 2.24) is 5.32 Å². The normalized spacial score (nSPS) is 17.1. The second-order valence-electron chi connectivity index (χ2n) is 11.5. The van der Waals surface area contributed by atoms with Gasteiger partial charge in [0.15, 0.2) is 0 Å². The summed E-state index contributed by atoms with van der Waals surface area (Å²) < 4.78 is 0. The Hall–Kier alpha value is -1.97. The third-order valence-electron chi connectivity index (χ3n) is 8.18. The molecule has 0 amide bonds. The van der Waals surface area contributed by atoms with Gasteiger partial charge < -0.3 is 11.1 Å². The number of nitrogens with two attached hydrogens (primary N) is 1. The van der Waals surface area contributed by atoms with Crippen molar-refractivity contribution < 1.29 is 4.79 Å². The molecule has 0 aromatic heterocycles. The molecule has 4 rings (SSSR count). The molecule has 2 aliphatic carbocycles. The zero-order valence-corrected chi connectivity index (χ0v) is 25.7. The molecule has 218 valence electrons. The molecule has 2 aliphatic rings. The number of fused-ring (bicyclic) bond motifs is 2. The summed E-state index contributed by atoms with van der Waals surface area (Å²) in [6, 6.07) is 19.0. The van der Waals surface area contributed by atoms with E-state index in [-0.39, 0.29) is 0 Å². The van der Waals surface area contributed by atoms with Gasteiger partial charge in [-0.2, -0.15) is 0 Å². The minimum atomic E-state index is 0.302. The number of nitrogens with one attached hydrogen (secondary N) is 1. The Morgan fingerprint density at radius 2 is 1.23 bits per heavy atom. The van der Waals surface area contributed by atoms with E-state index in [1.807, 2.05) is 0 Å². The number of carbonyl (C=O) groups is 1. The van der Waals surface area contributed by atoms with Crippen LogP contribution in [-0.2, 0) is 17.6 Å². The molecule has 39 heavy (non-hydrogen) atoms. The van der Waals surface area contributed by atoms with Crippen LogP contribution in [0.1, 0.15) is 152 Å². The van der Waals surface area contributed by atoms with Crippen molar-refractivity contribution in [3.63, 3.8) is 0 Å². The summed E-state index contributed by atoms with van der Waals surface area (Å²) in [6.07, 6.45) is 18.9. The highest BCUT2D eigenvalue weighted by Gasteiger charge is 2.23. The Bertz CT molecular complexity index is 906. The summed E-state index contributed by atoms with van der Waals surface area (Å²) >= 11 is 0. The molecular weight excluding hydrogens is 476 g/mol. The molecule has 0 saturated carbocycles. The highest BCUT2D eigenvalue weighted by molar-refractivity contribution is 5.78. The minimum Gasteiger partial charge on any atom is -0.324 e. The molecule has 3 nitrogen and oxygen atoms in total. The van der Waals surface area contributed by atoms with E-state index in [1.165, 1.54) is 62.5 Å². The van der Waals surface area contributed by atoms with E-state index in [0.29, 0.717) is 17.9 Å². The van der Waals surface area contributed by atoms with Gasteiger partial charge >= 0.3 is 0 Å². The zero-order valence-electron chi connectivity index (χ0n) is 25.7. The van der Waals surface area contributed by atoms with Crippen molar-refractivity contribution in [2.45, 2.75) is 149 Å². The van der Waals surface area contributed by atoms with Crippen LogP contribution in [-0.4, -0.2) is 11.8 Å². The van der Waals surface area contributed by atoms with Crippen molar-refractivity contribution in [2.24, 2.45) is 5.73 Å². The number of Topliss-reactive ketones (excluding diaryl/α,β-unsaturated/α-hetero) is 1. The van der Waals surface area contributed by atoms with Gasteiger partial charge in [0.25, 0.3) is 0 Å². The molecule has 0 aliphatic heterocycles. The topological polar surface area (TPSA) is 55.1 Å². The maximum Gasteiger partial charge on any atom is 0.132 e. The molecular formula is C36H58N2O. The van der Waals surface area contributed by atoms with Crippen molar-refractivity contribution in [1.29, 1.82) is 0 Å². The Morgan fingerprint density at radius 1 is 0.744 bits per heavy atom. The van der Waals surface area contributed by atoms with E-state index in [4.69, 9.17) is 5.73 Å². The molecule has 0 unspecified atom stereocenters. The second kappa shape index (κ2) is 20.0. The molecule has 0 heterocycles. The highest BCUT2D eigenvalue weighted by Crippen LogP contribution is 2.32. The average Bonchev–Trinajstić information content (AvgIpc) is 3.56. The van der Waals surface area contributed by atoms with Crippen LogP contribution in [0.2, 0.25) is 0 Å². The van der Waals surface area contributed by atoms with Gasteiger partial charge in [-0.25, -0.2) is 0 Å². The first-order chi connectivity index (χ1) is 19.0. The van der Waals surface area contributed by atoms with Crippen LogP contribution in [0.25, 0.3) is 0 Å². The number of ketones is 1. The Morgan fingerprint density at radius 3 is 1.77 bits per heavy atom. The van der Waals surface area contributed by atoms with Gasteiger partial charge in [-0.15, -0.1) is 0 Å². The maximum absolute atomic E-state index is 11.0. The molecule has 0 spiro atoms. The molecule has 0 fully saturated rings. The van der Waals surface area contributed by atoms with Crippen LogP contribution in [0.3, 0.4) is 0 Å². The summed E-state index contributed by atoms with van der Waals surface area (Å²) in [6.45, 7) is 8.82. The fourth-order valence-corrected chi connectivity index (χ4v) is 5.69. The fourth-order valence-electron chi connectivity index (χ4n) is 5.69.